The molecule has 42 heavy (non-hydrogen) atoms. The van der Waals surface area contributed by atoms with E-state index in [1.807, 2.05) is 0 Å². The van der Waals surface area contributed by atoms with Crippen LogP contribution in [-0.4, -0.2) is 86.0 Å². The van der Waals surface area contributed by atoms with Crippen molar-refractivity contribution in [2.75, 3.05) is 12.8 Å². The van der Waals surface area contributed by atoms with E-state index in [0.717, 1.165) is 4.90 Å². The number of sulfone groups is 1. The molecular formula is C25H34F6N4O6S. The molecular weight excluding hydrogens is 598 g/mol. The Morgan fingerprint density at radius 1 is 1.12 bits per heavy atom. The topological polar surface area (TPSA) is 142 Å². The number of hydrogen-bond acceptors (Lipinski definition) is 6. The monoisotopic (exact) mass is 632 g/mol. The fourth-order valence-corrected chi connectivity index (χ4v) is 6.14. The van der Waals surface area contributed by atoms with Crippen LogP contribution in [0.25, 0.3) is 0 Å². The van der Waals surface area contributed by atoms with Gasteiger partial charge in [-0.1, -0.05) is 20.8 Å². The highest BCUT2D eigenvalue weighted by molar-refractivity contribution is 7.94. The maximum atomic E-state index is 15.1. The third-order valence-corrected chi connectivity index (χ3v) is 8.66. The van der Waals surface area contributed by atoms with Crippen LogP contribution in [0.5, 0.6) is 0 Å². The van der Waals surface area contributed by atoms with Crippen LogP contribution < -0.4 is 16.0 Å². The van der Waals surface area contributed by atoms with Gasteiger partial charge in [0.2, 0.25) is 32.7 Å². The summed E-state index contributed by atoms with van der Waals surface area (Å²) >= 11 is 0. The van der Waals surface area contributed by atoms with Crippen LogP contribution in [0, 0.1) is 17.3 Å². The van der Waals surface area contributed by atoms with Gasteiger partial charge in [-0.15, -0.1) is 0 Å². The van der Waals surface area contributed by atoms with Gasteiger partial charge in [-0.25, -0.2) is 17.2 Å². The summed E-state index contributed by atoms with van der Waals surface area (Å²) in [6, 6.07) is -6.56. The number of carbonyl (C=O) groups excluding carboxylic acids is 4. The minimum Gasteiger partial charge on any atom is -0.356 e. The van der Waals surface area contributed by atoms with E-state index < -0.39 is 98.6 Å². The molecule has 4 rings (SSSR count). The van der Waals surface area contributed by atoms with E-state index in [1.165, 1.54) is 20.8 Å². The molecule has 0 spiro atoms. The molecule has 17 heteroatoms. The molecule has 0 aromatic heterocycles. The predicted molar refractivity (Wildman–Crippen MR) is 136 cm³/mol. The van der Waals surface area contributed by atoms with E-state index >= 15 is 8.78 Å². The summed E-state index contributed by atoms with van der Waals surface area (Å²) in [6.45, 7) is 4.31. The molecule has 3 aliphatic heterocycles. The van der Waals surface area contributed by atoms with Crippen molar-refractivity contribution in [3.63, 3.8) is 0 Å². The Labute approximate surface area is 238 Å². The number of nitrogens with zero attached hydrogens (tertiary/aromatic N) is 1. The molecule has 0 unspecified atom stereocenters. The summed E-state index contributed by atoms with van der Waals surface area (Å²) in [7, 11) is -4.38. The van der Waals surface area contributed by atoms with Crippen molar-refractivity contribution in [1.29, 1.82) is 0 Å². The van der Waals surface area contributed by atoms with Crippen molar-refractivity contribution in [2.45, 2.75) is 89.1 Å². The van der Waals surface area contributed by atoms with Crippen LogP contribution in [-0.2, 0) is 29.0 Å². The van der Waals surface area contributed by atoms with Gasteiger partial charge < -0.3 is 20.9 Å². The first-order valence-electron chi connectivity index (χ1n) is 13.3. The molecule has 4 fully saturated rings. The molecule has 0 aromatic rings. The normalized spacial score (nSPS) is 27.7. The Bertz CT molecular complexity index is 1250. The highest BCUT2D eigenvalue weighted by Gasteiger charge is 2.61. The number of hydrogen-bond donors (Lipinski definition) is 3. The second-order valence-electron chi connectivity index (χ2n) is 12.1. The molecule has 238 valence electrons. The summed E-state index contributed by atoms with van der Waals surface area (Å²) in [6.07, 6.45) is -5.38. The lowest BCUT2D eigenvalue weighted by atomic mass is 9.70. The molecule has 1 saturated carbocycles. The Balaban J connectivity index is 2.00. The minimum atomic E-state index is -5.36. The van der Waals surface area contributed by atoms with Crippen LogP contribution >= 0.6 is 0 Å². The molecule has 3 saturated heterocycles. The number of rotatable bonds is 8. The Morgan fingerprint density at radius 3 is 2.21 bits per heavy atom. The lowest BCUT2D eigenvalue weighted by Gasteiger charge is -2.55. The van der Waals surface area contributed by atoms with E-state index in [-0.39, 0.29) is 32.2 Å². The van der Waals surface area contributed by atoms with Gasteiger partial charge in [-0.3, -0.25) is 19.2 Å². The Morgan fingerprint density at radius 2 is 1.74 bits per heavy atom. The van der Waals surface area contributed by atoms with Crippen molar-refractivity contribution in [3.8, 4) is 0 Å². The average Bonchev–Trinajstić information content (AvgIpc) is 3.22. The molecule has 0 radical (unpaired) electrons. The standard InChI is InChI=1S/C25H34F6N4O6S/c1-23(2,3)18(34-22(39)25(29,30)31)21(38)35-14-5-6-15(24(27,28)11-14)17(35)20(37)33-13(10-16(26)42(4,40)41)9-12-7-8-32-19(12)36/h10,12-15,17-18H,5-9,11H2,1-4H3,(H,32,36)(H,33,37)(H,34,39)/b16-10-/t12-,13-,14-,15-,17-,18+/m0/s1. The molecule has 4 aliphatic rings. The summed E-state index contributed by atoms with van der Waals surface area (Å²) in [5.74, 6) is -11.3. The van der Waals surface area contributed by atoms with Crippen molar-refractivity contribution >= 4 is 33.5 Å². The quantitative estimate of drug-likeness (QED) is 0.350. The third-order valence-electron chi connectivity index (χ3n) is 7.82. The van der Waals surface area contributed by atoms with E-state index in [0.29, 0.717) is 12.3 Å². The molecule has 3 N–H and O–H groups in total. The maximum absolute atomic E-state index is 15.1. The average molecular weight is 633 g/mol. The van der Waals surface area contributed by atoms with E-state index in [2.05, 4.69) is 10.6 Å². The molecule has 0 aromatic carbocycles. The molecule has 6 atom stereocenters. The van der Waals surface area contributed by atoms with Crippen LogP contribution in [0.3, 0.4) is 0 Å². The van der Waals surface area contributed by atoms with Gasteiger partial charge in [0, 0.05) is 31.2 Å². The zero-order valence-electron chi connectivity index (χ0n) is 23.4. The van der Waals surface area contributed by atoms with Crippen LogP contribution in [0.15, 0.2) is 11.2 Å². The lowest BCUT2D eigenvalue weighted by Crippen LogP contribution is -2.71. The van der Waals surface area contributed by atoms with E-state index in [4.69, 9.17) is 0 Å². The van der Waals surface area contributed by atoms with Gasteiger partial charge in [-0.05, 0) is 37.2 Å². The van der Waals surface area contributed by atoms with Gasteiger partial charge in [0.05, 0.1) is 12.0 Å². The number of fused-ring (bicyclic) bond motifs is 3. The highest BCUT2D eigenvalue weighted by atomic mass is 32.2. The predicted octanol–water partition coefficient (Wildman–Crippen LogP) is 1.96. The molecule has 10 nitrogen and oxygen atoms in total. The second kappa shape index (κ2) is 11.7. The van der Waals surface area contributed by atoms with Crippen molar-refractivity contribution in [3.05, 3.63) is 11.2 Å². The maximum Gasteiger partial charge on any atom is 0.471 e. The number of piperidine rings is 2. The van der Waals surface area contributed by atoms with Gasteiger partial charge in [0.1, 0.15) is 12.1 Å². The Hall–Kier alpha value is -2.85. The van der Waals surface area contributed by atoms with Gasteiger partial charge in [0.25, 0.3) is 5.92 Å². The largest absolute Gasteiger partial charge is 0.471 e. The Kier molecular flexibility index (Phi) is 9.36. The second-order valence-corrected chi connectivity index (χ2v) is 14.1. The van der Waals surface area contributed by atoms with Crippen molar-refractivity contribution in [2.24, 2.45) is 17.3 Å². The molecule has 1 aliphatic carbocycles. The first-order valence-corrected chi connectivity index (χ1v) is 15.2. The first-order chi connectivity index (χ1) is 19.0. The smallest absolute Gasteiger partial charge is 0.356 e. The van der Waals surface area contributed by atoms with Crippen LogP contribution in [0.2, 0.25) is 0 Å². The van der Waals surface area contributed by atoms with Crippen molar-refractivity contribution in [1.82, 2.24) is 20.9 Å². The van der Waals surface area contributed by atoms with E-state index in [1.54, 1.807) is 5.32 Å². The summed E-state index contributed by atoms with van der Waals surface area (Å²) in [4.78, 5) is 52.0. The molecule has 4 amide bonds. The molecule has 2 bridgehead atoms. The third kappa shape index (κ3) is 7.37. The SMILES string of the molecule is CC(C)(C)[C@H](NC(=O)C(F)(F)F)C(=O)N1[C@H]2CC[C@@H]([C@H]1C(=O)N[C@H](/C=C(/F)S(C)(=O)=O)C[C@@H]1CCNC1=O)C(F)(F)C2. The van der Waals surface area contributed by atoms with Crippen LogP contribution in [0.1, 0.15) is 52.9 Å². The zero-order valence-corrected chi connectivity index (χ0v) is 24.2. The lowest BCUT2D eigenvalue weighted by molar-refractivity contribution is -0.197. The summed E-state index contributed by atoms with van der Waals surface area (Å²) < 4.78 is 107. The van der Waals surface area contributed by atoms with Gasteiger partial charge in [0.15, 0.2) is 0 Å². The molecule has 3 heterocycles. The van der Waals surface area contributed by atoms with Gasteiger partial charge >= 0.3 is 12.1 Å². The number of nitrogens with one attached hydrogen (secondary N) is 3. The fraction of sp³-hybridized carbons (Fsp3) is 0.760. The van der Waals surface area contributed by atoms with E-state index in [9.17, 15) is 45.2 Å². The zero-order chi connectivity index (χ0) is 32.0. The fourth-order valence-electron chi connectivity index (χ4n) is 5.73. The highest BCUT2D eigenvalue weighted by Crippen LogP contribution is 2.49. The summed E-state index contributed by atoms with van der Waals surface area (Å²) in [5, 5.41) is 4.81. The van der Waals surface area contributed by atoms with Gasteiger partial charge in [-0.2, -0.15) is 17.6 Å². The number of carbonyl (C=O) groups is 4. The minimum absolute atomic E-state index is 0.00808. The number of alkyl halides is 5. The van der Waals surface area contributed by atoms with Crippen molar-refractivity contribution < 1.29 is 53.9 Å². The van der Waals surface area contributed by atoms with Crippen LogP contribution in [0.4, 0.5) is 26.3 Å². The first kappa shape index (κ1) is 33.6. The number of halogens is 6. The summed E-state index contributed by atoms with van der Waals surface area (Å²) in [5.41, 5.74) is -1.35. The number of amides is 4.